The maximum atomic E-state index is 12.4. The van der Waals surface area contributed by atoms with E-state index in [0.717, 1.165) is 22.7 Å². The summed E-state index contributed by atoms with van der Waals surface area (Å²) in [5.41, 5.74) is 4.33. The van der Waals surface area contributed by atoms with Crippen LogP contribution in [0.3, 0.4) is 0 Å². The lowest BCUT2D eigenvalue weighted by Crippen LogP contribution is -2.23. The number of carbonyl (C=O) groups is 1. The molecule has 0 aliphatic heterocycles. The molecule has 0 saturated carbocycles. The molecule has 1 aromatic heterocycles. The molecule has 132 valence electrons. The Morgan fingerprint density at radius 2 is 1.81 bits per heavy atom. The average molecular weight is 347 g/mol. The zero-order valence-corrected chi connectivity index (χ0v) is 14.8. The summed E-state index contributed by atoms with van der Waals surface area (Å²) < 4.78 is 5.13. The number of ether oxygens (including phenoxy) is 1. The summed E-state index contributed by atoms with van der Waals surface area (Å²) in [6.45, 7) is 2.47. The normalized spacial score (nSPS) is 10.2. The van der Waals surface area contributed by atoms with Crippen LogP contribution in [0.15, 0.2) is 66.9 Å². The van der Waals surface area contributed by atoms with Crippen molar-refractivity contribution in [2.75, 3.05) is 12.4 Å². The number of anilines is 2. The molecule has 26 heavy (non-hydrogen) atoms. The molecule has 0 fully saturated rings. The number of benzene rings is 2. The second-order valence-electron chi connectivity index (χ2n) is 5.95. The van der Waals surface area contributed by atoms with Crippen molar-refractivity contribution in [2.24, 2.45) is 0 Å². The quantitative estimate of drug-likeness (QED) is 0.705. The monoisotopic (exact) mass is 347 g/mol. The standard InChI is InChI=1S/C21H21N3O2/c1-15-4-3-5-17(12-15)24-18-10-11-22-20(13-18)21(25)23-14-16-6-8-19(26-2)9-7-16/h3-13H,14H2,1-2H3,(H,22,24)(H,23,25). The van der Waals surface area contributed by atoms with Crippen LogP contribution in [-0.4, -0.2) is 18.0 Å². The van der Waals surface area contributed by atoms with Gasteiger partial charge in [-0.3, -0.25) is 9.78 Å². The predicted molar refractivity (Wildman–Crippen MR) is 103 cm³/mol. The van der Waals surface area contributed by atoms with Crippen molar-refractivity contribution in [2.45, 2.75) is 13.5 Å². The number of amides is 1. The second kappa shape index (κ2) is 8.16. The van der Waals surface area contributed by atoms with Gasteiger partial charge in [0, 0.05) is 24.1 Å². The minimum atomic E-state index is -0.214. The molecule has 0 spiro atoms. The van der Waals surface area contributed by atoms with Gasteiger partial charge in [0.1, 0.15) is 11.4 Å². The van der Waals surface area contributed by atoms with Crippen molar-refractivity contribution in [1.29, 1.82) is 0 Å². The van der Waals surface area contributed by atoms with Gasteiger partial charge < -0.3 is 15.4 Å². The molecule has 3 rings (SSSR count). The highest BCUT2D eigenvalue weighted by Gasteiger charge is 2.08. The first kappa shape index (κ1) is 17.5. The highest BCUT2D eigenvalue weighted by molar-refractivity contribution is 5.93. The summed E-state index contributed by atoms with van der Waals surface area (Å²) in [5, 5.41) is 6.18. The molecule has 2 aromatic carbocycles. The number of pyridine rings is 1. The molecule has 0 atom stereocenters. The minimum absolute atomic E-state index is 0.214. The van der Waals surface area contributed by atoms with Crippen LogP contribution < -0.4 is 15.4 Å². The molecule has 1 amide bonds. The van der Waals surface area contributed by atoms with E-state index in [2.05, 4.69) is 15.6 Å². The van der Waals surface area contributed by atoms with Gasteiger partial charge in [-0.25, -0.2) is 0 Å². The molecule has 0 aliphatic rings. The molecule has 3 aromatic rings. The topological polar surface area (TPSA) is 63.2 Å². The largest absolute Gasteiger partial charge is 0.497 e. The van der Waals surface area contributed by atoms with E-state index >= 15 is 0 Å². The molecular formula is C21H21N3O2. The number of aromatic nitrogens is 1. The molecule has 0 saturated heterocycles. The first-order valence-corrected chi connectivity index (χ1v) is 8.35. The van der Waals surface area contributed by atoms with E-state index in [9.17, 15) is 4.79 Å². The molecule has 5 heteroatoms. The Balaban J connectivity index is 1.63. The highest BCUT2D eigenvalue weighted by atomic mass is 16.5. The van der Waals surface area contributed by atoms with Gasteiger partial charge in [-0.2, -0.15) is 0 Å². The third-order valence-corrected chi connectivity index (χ3v) is 3.91. The second-order valence-corrected chi connectivity index (χ2v) is 5.95. The van der Waals surface area contributed by atoms with E-state index in [1.807, 2.05) is 61.5 Å². The Hall–Kier alpha value is -3.34. The SMILES string of the molecule is COc1ccc(CNC(=O)c2cc(Nc3cccc(C)c3)ccn2)cc1. The number of carbonyl (C=O) groups excluding carboxylic acids is 1. The molecule has 2 N–H and O–H groups in total. The lowest BCUT2D eigenvalue weighted by molar-refractivity contribution is 0.0946. The smallest absolute Gasteiger partial charge is 0.270 e. The fraction of sp³-hybridized carbons (Fsp3) is 0.143. The van der Waals surface area contributed by atoms with Crippen LogP contribution in [0.5, 0.6) is 5.75 Å². The maximum absolute atomic E-state index is 12.4. The van der Waals surface area contributed by atoms with Gasteiger partial charge in [-0.05, 0) is 54.4 Å². The van der Waals surface area contributed by atoms with Crippen molar-refractivity contribution >= 4 is 17.3 Å². The van der Waals surface area contributed by atoms with Crippen LogP contribution >= 0.6 is 0 Å². The van der Waals surface area contributed by atoms with Crippen molar-refractivity contribution in [3.63, 3.8) is 0 Å². The third-order valence-electron chi connectivity index (χ3n) is 3.91. The lowest BCUT2D eigenvalue weighted by Gasteiger charge is -2.09. The minimum Gasteiger partial charge on any atom is -0.497 e. The van der Waals surface area contributed by atoms with Crippen LogP contribution in [0.4, 0.5) is 11.4 Å². The number of aryl methyl sites for hydroxylation is 1. The molecule has 1 heterocycles. The molecule has 0 radical (unpaired) electrons. The third kappa shape index (κ3) is 4.60. The first-order chi connectivity index (χ1) is 12.6. The molecule has 0 unspecified atom stereocenters. The van der Waals surface area contributed by atoms with Gasteiger partial charge >= 0.3 is 0 Å². The molecule has 5 nitrogen and oxygen atoms in total. The van der Waals surface area contributed by atoms with Crippen molar-refractivity contribution in [1.82, 2.24) is 10.3 Å². The Kier molecular flexibility index (Phi) is 5.49. The number of nitrogens with zero attached hydrogens (tertiary/aromatic N) is 1. The average Bonchev–Trinajstić information content (AvgIpc) is 2.67. The summed E-state index contributed by atoms with van der Waals surface area (Å²) in [6, 6.07) is 19.2. The summed E-state index contributed by atoms with van der Waals surface area (Å²) in [4.78, 5) is 16.5. The van der Waals surface area contributed by atoms with Crippen LogP contribution in [-0.2, 0) is 6.54 Å². The maximum Gasteiger partial charge on any atom is 0.270 e. The summed E-state index contributed by atoms with van der Waals surface area (Å²) in [7, 11) is 1.63. The van der Waals surface area contributed by atoms with Crippen LogP contribution in [0.25, 0.3) is 0 Å². The van der Waals surface area contributed by atoms with Gasteiger partial charge in [0.25, 0.3) is 5.91 Å². The van der Waals surface area contributed by atoms with Crippen molar-refractivity contribution in [3.8, 4) is 5.75 Å². The van der Waals surface area contributed by atoms with Crippen LogP contribution in [0.2, 0.25) is 0 Å². The Morgan fingerprint density at radius 1 is 1.04 bits per heavy atom. The van der Waals surface area contributed by atoms with Crippen LogP contribution in [0, 0.1) is 6.92 Å². The van der Waals surface area contributed by atoms with Crippen molar-refractivity contribution < 1.29 is 9.53 Å². The Bertz CT molecular complexity index is 892. The van der Waals surface area contributed by atoms with Gasteiger partial charge in [-0.1, -0.05) is 24.3 Å². The van der Waals surface area contributed by atoms with E-state index in [1.54, 1.807) is 19.4 Å². The summed E-state index contributed by atoms with van der Waals surface area (Å²) in [5.74, 6) is 0.574. The fourth-order valence-electron chi connectivity index (χ4n) is 2.54. The van der Waals surface area contributed by atoms with Gasteiger partial charge in [0.15, 0.2) is 0 Å². The zero-order valence-electron chi connectivity index (χ0n) is 14.8. The van der Waals surface area contributed by atoms with E-state index in [0.29, 0.717) is 12.2 Å². The Morgan fingerprint density at radius 3 is 2.54 bits per heavy atom. The van der Waals surface area contributed by atoms with Crippen LogP contribution in [0.1, 0.15) is 21.6 Å². The summed E-state index contributed by atoms with van der Waals surface area (Å²) >= 11 is 0. The predicted octanol–water partition coefficient (Wildman–Crippen LogP) is 4.07. The van der Waals surface area contributed by atoms with Gasteiger partial charge in [-0.15, -0.1) is 0 Å². The number of hydrogen-bond acceptors (Lipinski definition) is 4. The molecule has 0 bridgehead atoms. The van der Waals surface area contributed by atoms with E-state index < -0.39 is 0 Å². The van der Waals surface area contributed by atoms with E-state index in [-0.39, 0.29) is 5.91 Å². The molecule has 0 aliphatic carbocycles. The molecular weight excluding hydrogens is 326 g/mol. The number of nitrogens with one attached hydrogen (secondary N) is 2. The van der Waals surface area contributed by atoms with E-state index in [1.165, 1.54) is 5.56 Å². The number of hydrogen-bond donors (Lipinski definition) is 2. The number of rotatable bonds is 6. The zero-order chi connectivity index (χ0) is 18.4. The highest BCUT2D eigenvalue weighted by Crippen LogP contribution is 2.18. The van der Waals surface area contributed by atoms with Crippen molar-refractivity contribution in [3.05, 3.63) is 83.7 Å². The van der Waals surface area contributed by atoms with Gasteiger partial charge in [0.2, 0.25) is 0 Å². The fourth-order valence-corrected chi connectivity index (χ4v) is 2.54. The number of methoxy groups -OCH3 is 1. The summed E-state index contributed by atoms with van der Waals surface area (Å²) in [6.07, 6.45) is 1.63. The Labute approximate surface area is 153 Å². The lowest BCUT2D eigenvalue weighted by atomic mass is 10.2. The van der Waals surface area contributed by atoms with E-state index in [4.69, 9.17) is 4.74 Å². The first-order valence-electron chi connectivity index (χ1n) is 8.35. The van der Waals surface area contributed by atoms with Gasteiger partial charge in [0.05, 0.1) is 7.11 Å².